The van der Waals surface area contributed by atoms with Gasteiger partial charge in [-0.2, -0.15) is 5.10 Å². The van der Waals surface area contributed by atoms with Crippen molar-refractivity contribution in [3.8, 4) is 0 Å². The van der Waals surface area contributed by atoms with Crippen LogP contribution in [0.15, 0.2) is 29.7 Å². The van der Waals surface area contributed by atoms with Gasteiger partial charge in [0.2, 0.25) is 0 Å². The Morgan fingerprint density at radius 2 is 2.27 bits per heavy atom. The van der Waals surface area contributed by atoms with E-state index in [9.17, 15) is 4.79 Å². The van der Waals surface area contributed by atoms with Crippen molar-refractivity contribution in [3.63, 3.8) is 0 Å². The fourth-order valence-corrected chi connectivity index (χ4v) is 1.76. The summed E-state index contributed by atoms with van der Waals surface area (Å²) in [5.41, 5.74) is 0.970. The minimum Gasteiger partial charge on any atom is -0.294 e. The first-order chi connectivity index (χ1) is 7.16. The molecular weight excluding hydrogens is 307 g/mol. The van der Waals surface area contributed by atoms with Crippen molar-refractivity contribution in [3.05, 3.63) is 44.4 Å². The fraction of sp³-hybridized carbons (Fsp3) is 0.222. The second-order valence-corrected chi connectivity index (χ2v) is 4.36. The zero-order valence-electron chi connectivity index (χ0n) is 8.09. The summed E-state index contributed by atoms with van der Waals surface area (Å²) in [4.78, 5) is 15.6. The minimum atomic E-state index is -0.0190. The Balaban J connectivity index is 2.32. The highest BCUT2D eigenvalue weighted by atomic mass is 127. The predicted octanol–water partition coefficient (Wildman–Crippen LogP) is 0.630. The largest absolute Gasteiger partial charge is 0.294 e. The average molecular weight is 316 g/mol. The lowest BCUT2D eigenvalue weighted by atomic mass is 10.3. The summed E-state index contributed by atoms with van der Waals surface area (Å²) >= 11 is 1.98. The van der Waals surface area contributed by atoms with Gasteiger partial charge in [0.15, 0.2) is 0 Å². The number of halogens is 1. The van der Waals surface area contributed by atoms with Crippen molar-refractivity contribution in [1.29, 1.82) is 0 Å². The molecule has 5 nitrogen and oxygen atoms in total. The summed E-state index contributed by atoms with van der Waals surface area (Å²) in [5, 5.41) is 4.04. The molecule has 0 aliphatic rings. The van der Waals surface area contributed by atoms with Crippen LogP contribution in [0, 0.1) is 3.57 Å². The minimum absolute atomic E-state index is 0.0190. The maximum absolute atomic E-state index is 11.7. The predicted molar refractivity (Wildman–Crippen MR) is 63.5 cm³/mol. The summed E-state index contributed by atoms with van der Waals surface area (Å²) in [6, 6.07) is 0. The smallest absolute Gasteiger partial charge is 0.267 e. The lowest BCUT2D eigenvalue weighted by Crippen LogP contribution is -2.22. The highest BCUT2D eigenvalue weighted by molar-refractivity contribution is 14.1. The van der Waals surface area contributed by atoms with Crippen molar-refractivity contribution >= 4 is 22.6 Å². The number of hydrogen-bond acceptors (Lipinski definition) is 3. The molecule has 0 aliphatic carbocycles. The molecule has 0 radical (unpaired) electrons. The normalized spacial score (nSPS) is 10.5. The Labute approximate surface area is 99.9 Å². The van der Waals surface area contributed by atoms with Crippen LogP contribution < -0.4 is 5.56 Å². The van der Waals surface area contributed by atoms with Gasteiger partial charge < -0.3 is 0 Å². The first kappa shape index (κ1) is 10.3. The third-order valence-electron chi connectivity index (χ3n) is 1.97. The molecule has 0 atom stereocenters. The van der Waals surface area contributed by atoms with Crippen LogP contribution in [0.1, 0.15) is 5.56 Å². The van der Waals surface area contributed by atoms with Gasteiger partial charge in [0.1, 0.15) is 0 Å². The van der Waals surface area contributed by atoms with Gasteiger partial charge in [0.25, 0.3) is 5.56 Å². The Morgan fingerprint density at radius 1 is 1.47 bits per heavy atom. The molecule has 0 N–H and O–H groups in total. The number of hydrogen-bond donors (Lipinski definition) is 0. The van der Waals surface area contributed by atoms with Crippen LogP contribution >= 0.6 is 22.6 Å². The van der Waals surface area contributed by atoms with Gasteiger partial charge in [-0.3, -0.25) is 14.0 Å². The van der Waals surface area contributed by atoms with E-state index in [0.717, 1.165) is 5.56 Å². The number of aryl methyl sites for hydroxylation is 1. The Hall–Kier alpha value is -1.18. The van der Waals surface area contributed by atoms with Crippen molar-refractivity contribution in [2.75, 3.05) is 0 Å². The van der Waals surface area contributed by atoms with Crippen LogP contribution in [0.3, 0.4) is 0 Å². The molecule has 0 saturated heterocycles. The monoisotopic (exact) mass is 316 g/mol. The van der Waals surface area contributed by atoms with Crippen molar-refractivity contribution in [1.82, 2.24) is 19.3 Å². The third-order valence-corrected chi connectivity index (χ3v) is 2.71. The average Bonchev–Trinajstić information content (AvgIpc) is 2.59. The van der Waals surface area contributed by atoms with Crippen LogP contribution in [-0.2, 0) is 13.6 Å². The number of nitrogens with zero attached hydrogens (tertiary/aromatic N) is 4. The van der Waals surface area contributed by atoms with Crippen LogP contribution in [0.2, 0.25) is 0 Å². The lowest BCUT2D eigenvalue weighted by Gasteiger charge is -2.02. The molecule has 0 spiro atoms. The molecule has 0 aromatic carbocycles. The van der Waals surface area contributed by atoms with E-state index >= 15 is 0 Å². The maximum atomic E-state index is 11.7. The van der Waals surface area contributed by atoms with Gasteiger partial charge in [-0.25, -0.2) is 4.98 Å². The molecule has 0 fully saturated rings. The first-order valence-corrected chi connectivity index (χ1v) is 5.42. The standard InChI is InChI=1S/C9H9IN4O/c1-13-4-7(2-12-13)5-14-6-11-3-8(10)9(14)15/h2-4,6H,5H2,1H3. The van der Waals surface area contributed by atoms with E-state index in [0.29, 0.717) is 10.1 Å². The van der Waals surface area contributed by atoms with Crippen molar-refractivity contribution in [2.45, 2.75) is 6.54 Å². The number of rotatable bonds is 2. The van der Waals surface area contributed by atoms with E-state index in [1.165, 1.54) is 6.33 Å². The molecule has 2 heterocycles. The molecule has 2 aromatic heterocycles. The van der Waals surface area contributed by atoms with E-state index in [4.69, 9.17) is 0 Å². The molecule has 2 rings (SSSR count). The Kier molecular flexibility index (Phi) is 2.85. The molecule has 0 saturated carbocycles. The van der Waals surface area contributed by atoms with Gasteiger partial charge >= 0.3 is 0 Å². The highest BCUT2D eigenvalue weighted by Crippen LogP contribution is 1.99. The quantitative estimate of drug-likeness (QED) is 0.764. The molecule has 2 aromatic rings. The Bertz CT molecular complexity index is 531. The summed E-state index contributed by atoms with van der Waals surface area (Å²) < 4.78 is 3.90. The molecule has 0 aliphatic heterocycles. The molecule has 0 unspecified atom stereocenters. The van der Waals surface area contributed by atoms with Crippen LogP contribution in [-0.4, -0.2) is 19.3 Å². The van der Waals surface area contributed by atoms with Crippen LogP contribution in [0.25, 0.3) is 0 Å². The van der Waals surface area contributed by atoms with E-state index in [2.05, 4.69) is 10.1 Å². The SMILES string of the molecule is Cn1cc(Cn2cncc(I)c2=O)cn1. The lowest BCUT2D eigenvalue weighted by molar-refractivity contribution is 0.726. The Morgan fingerprint density at radius 3 is 2.93 bits per heavy atom. The van der Waals surface area contributed by atoms with E-state index in [1.807, 2.05) is 35.8 Å². The number of aromatic nitrogens is 4. The molecule has 15 heavy (non-hydrogen) atoms. The van der Waals surface area contributed by atoms with Crippen LogP contribution in [0.4, 0.5) is 0 Å². The molecule has 6 heteroatoms. The topological polar surface area (TPSA) is 52.7 Å². The first-order valence-electron chi connectivity index (χ1n) is 4.34. The third kappa shape index (κ3) is 2.25. The molecule has 0 bridgehead atoms. The summed E-state index contributed by atoms with van der Waals surface area (Å²) in [6.45, 7) is 0.510. The fourth-order valence-electron chi connectivity index (χ4n) is 1.29. The zero-order chi connectivity index (χ0) is 10.8. The van der Waals surface area contributed by atoms with Gasteiger partial charge in [0, 0.05) is 25.0 Å². The van der Waals surface area contributed by atoms with Gasteiger partial charge in [-0.05, 0) is 22.6 Å². The maximum Gasteiger partial charge on any atom is 0.267 e. The van der Waals surface area contributed by atoms with E-state index < -0.39 is 0 Å². The second-order valence-electron chi connectivity index (χ2n) is 3.20. The molecule has 0 amide bonds. The van der Waals surface area contributed by atoms with Gasteiger partial charge in [-0.15, -0.1) is 0 Å². The van der Waals surface area contributed by atoms with Crippen LogP contribution in [0.5, 0.6) is 0 Å². The van der Waals surface area contributed by atoms with Crippen molar-refractivity contribution < 1.29 is 0 Å². The summed E-state index contributed by atoms with van der Waals surface area (Å²) in [6.07, 6.45) is 6.72. The van der Waals surface area contributed by atoms with E-state index in [-0.39, 0.29) is 5.56 Å². The van der Waals surface area contributed by atoms with Gasteiger partial charge in [0.05, 0.1) is 22.6 Å². The van der Waals surface area contributed by atoms with Crippen molar-refractivity contribution in [2.24, 2.45) is 7.05 Å². The zero-order valence-corrected chi connectivity index (χ0v) is 10.2. The summed E-state index contributed by atoms with van der Waals surface area (Å²) in [5.74, 6) is 0. The molecular formula is C9H9IN4O. The second kappa shape index (κ2) is 4.13. The highest BCUT2D eigenvalue weighted by Gasteiger charge is 2.02. The van der Waals surface area contributed by atoms with E-state index in [1.54, 1.807) is 21.6 Å². The van der Waals surface area contributed by atoms with Gasteiger partial charge in [-0.1, -0.05) is 0 Å². The summed E-state index contributed by atoms with van der Waals surface area (Å²) in [7, 11) is 1.85. The molecule has 78 valence electrons.